The van der Waals surface area contributed by atoms with Gasteiger partial charge in [-0.2, -0.15) is 8.78 Å². The van der Waals surface area contributed by atoms with E-state index in [-0.39, 0.29) is 72.7 Å². The number of ether oxygens (including phenoxy) is 1. The monoisotopic (exact) mass is 968 g/mol. The van der Waals surface area contributed by atoms with Gasteiger partial charge in [-0.05, 0) is 92.4 Å². The number of carbonyl (C=O) groups excluding carboxylic acids is 5. The van der Waals surface area contributed by atoms with Crippen molar-refractivity contribution in [1.29, 1.82) is 0 Å². The maximum atomic E-state index is 15.3. The van der Waals surface area contributed by atoms with Crippen LogP contribution in [0.25, 0.3) is 22.3 Å². The van der Waals surface area contributed by atoms with Crippen LogP contribution in [-0.2, 0) is 69.3 Å². The van der Waals surface area contributed by atoms with Crippen molar-refractivity contribution in [2.45, 2.75) is 110 Å². The summed E-state index contributed by atoms with van der Waals surface area (Å²) in [6.45, 7) is 5.73. The number of aromatic nitrogens is 2. The molecule has 5 atom stereocenters. The number of urea groups is 1. The minimum absolute atomic E-state index is 0.0742. The summed E-state index contributed by atoms with van der Waals surface area (Å²) < 4.78 is 74.0. The fraction of sp³-hybridized carbons (Fsp3) is 0.444. The van der Waals surface area contributed by atoms with Crippen LogP contribution >= 0.6 is 7.82 Å². The van der Waals surface area contributed by atoms with Gasteiger partial charge in [0.1, 0.15) is 18.5 Å². The first kappa shape index (κ1) is 49.7. The normalized spacial score (nSPS) is 18.8. The Balaban J connectivity index is 1.12. The van der Waals surface area contributed by atoms with Gasteiger partial charge in [0.15, 0.2) is 0 Å². The zero-order chi connectivity index (χ0) is 49.4. The van der Waals surface area contributed by atoms with Crippen LogP contribution < -0.4 is 37.9 Å². The van der Waals surface area contributed by atoms with Gasteiger partial charge >= 0.3 is 26.2 Å². The van der Waals surface area contributed by atoms with Crippen molar-refractivity contribution in [3.63, 3.8) is 0 Å². The third kappa shape index (κ3) is 9.73. The fourth-order valence-corrected chi connectivity index (χ4v) is 10.2. The number of benzene rings is 2. The number of fused-ring (bicyclic) bond motifs is 5. The summed E-state index contributed by atoms with van der Waals surface area (Å²) in [4.78, 5) is 93.9. The Morgan fingerprint density at radius 3 is 2.44 bits per heavy atom. The molecule has 7 rings (SSSR count). The number of halogens is 3. The second-order valence-electron chi connectivity index (χ2n) is 17.2. The van der Waals surface area contributed by atoms with Gasteiger partial charge in [-0.25, -0.2) is 23.5 Å². The van der Waals surface area contributed by atoms with E-state index in [1.165, 1.54) is 47.9 Å². The number of pyridine rings is 2. The lowest BCUT2D eigenvalue weighted by Crippen LogP contribution is -2.52. The van der Waals surface area contributed by atoms with Gasteiger partial charge in [0.25, 0.3) is 11.5 Å². The molecule has 0 radical (unpaired) electrons. The molecule has 364 valence electrons. The lowest BCUT2D eigenvalue weighted by molar-refractivity contribution is -0.171. The van der Waals surface area contributed by atoms with E-state index < -0.39 is 92.3 Å². The minimum atomic E-state index is -5.20. The van der Waals surface area contributed by atoms with Crippen LogP contribution in [0, 0.1) is 18.7 Å². The first-order valence-corrected chi connectivity index (χ1v) is 23.5. The Bertz CT molecular complexity index is 2810. The summed E-state index contributed by atoms with van der Waals surface area (Å²) in [5.41, 5.74) is 4.75. The summed E-state index contributed by atoms with van der Waals surface area (Å²) in [5.74, 6) is -4.19. The van der Waals surface area contributed by atoms with E-state index in [9.17, 15) is 47.0 Å². The quantitative estimate of drug-likeness (QED) is 0.0366. The fourth-order valence-electron chi connectivity index (χ4n) is 9.18. The highest BCUT2D eigenvalue weighted by Gasteiger charge is 2.53. The standard InChI is InChI=1S/C45H52F3N8O11P/c1-6-45(67-68(63,64)66-19-23-9-11-24(12-10-23)52-39(57)31(8-7-15-51-44(49)62)55-40(58)36(50-5)21(2)3)28-16-33-37-26(18-56(33)42(60)27(28)20-65-43(45)61)35-30(54-41(59)38(47)48)14-13-25-22(4)29(46)17-32(53-37)34(25)35/h9-12,16-17,21,30-31,36,38,50H,6-8,13-15,18-20H2,1-5H3,(H,52,57)(H,54,59)(H,55,58)(H,63,64)(H3,49,51,62)/t30-,31-,36-,45-/m0/s1. The number of nitrogens with two attached hydrogens (primary N) is 1. The molecule has 2 aromatic heterocycles. The number of amides is 5. The minimum Gasteiger partial charge on any atom is -0.458 e. The van der Waals surface area contributed by atoms with Crippen LogP contribution in [0.1, 0.15) is 91.4 Å². The van der Waals surface area contributed by atoms with E-state index in [0.717, 1.165) is 0 Å². The Labute approximate surface area is 387 Å². The predicted octanol–water partition coefficient (Wildman–Crippen LogP) is 4.35. The van der Waals surface area contributed by atoms with E-state index in [2.05, 4.69) is 26.6 Å². The van der Waals surface area contributed by atoms with Crippen molar-refractivity contribution in [3.05, 3.63) is 91.5 Å². The third-order valence-corrected chi connectivity index (χ3v) is 13.6. The molecule has 3 aliphatic rings. The highest BCUT2D eigenvalue weighted by molar-refractivity contribution is 7.47. The number of nitrogens with one attached hydrogen (secondary N) is 5. The maximum absolute atomic E-state index is 15.3. The van der Waals surface area contributed by atoms with Gasteiger partial charge in [-0.1, -0.05) is 32.9 Å². The molecule has 0 saturated carbocycles. The van der Waals surface area contributed by atoms with E-state index in [1.807, 2.05) is 13.8 Å². The van der Waals surface area contributed by atoms with Crippen LogP contribution in [0.5, 0.6) is 0 Å². The van der Waals surface area contributed by atoms with Gasteiger partial charge < -0.3 is 46.5 Å². The summed E-state index contributed by atoms with van der Waals surface area (Å²) in [6.07, 6.45) is -2.74. The van der Waals surface area contributed by atoms with Crippen molar-refractivity contribution >= 4 is 54.1 Å². The van der Waals surface area contributed by atoms with Crippen molar-refractivity contribution in [2.24, 2.45) is 11.7 Å². The third-order valence-electron chi connectivity index (χ3n) is 12.6. The molecule has 19 nitrogen and oxygen atoms in total. The van der Waals surface area contributed by atoms with Crippen LogP contribution in [0.3, 0.4) is 0 Å². The van der Waals surface area contributed by atoms with Crippen molar-refractivity contribution < 1.29 is 60.4 Å². The average Bonchev–Trinajstić information content (AvgIpc) is 3.66. The van der Waals surface area contributed by atoms with E-state index in [1.54, 1.807) is 14.0 Å². The number of phosphoric ester groups is 1. The topological polar surface area (TPSA) is 271 Å². The number of alkyl halides is 2. The molecular formula is C45H52F3N8O11P. The van der Waals surface area contributed by atoms with Crippen molar-refractivity contribution in [1.82, 2.24) is 30.8 Å². The van der Waals surface area contributed by atoms with Gasteiger partial charge in [-0.15, -0.1) is 0 Å². The number of carbonyl (C=O) groups is 5. The van der Waals surface area contributed by atoms with E-state index in [4.69, 9.17) is 24.5 Å². The molecule has 23 heteroatoms. The number of phosphoric acid groups is 1. The lowest BCUT2D eigenvalue weighted by Gasteiger charge is -2.36. The molecule has 0 spiro atoms. The zero-order valence-electron chi connectivity index (χ0n) is 37.8. The Hall–Kier alpha value is -6.19. The molecule has 0 fully saturated rings. The molecule has 68 heavy (non-hydrogen) atoms. The number of primary amides is 1. The van der Waals surface area contributed by atoms with Crippen LogP contribution in [0.15, 0.2) is 41.2 Å². The van der Waals surface area contributed by atoms with Crippen LogP contribution in [0.2, 0.25) is 0 Å². The molecule has 5 amide bonds. The number of anilines is 1. The molecular weight excluding hydrogens is 917 g/mol. The molecule has 4 aromatic rings. The second kappa shape index (κ2) is 19.8. The molecule has 0 saturated heterocycles. The number of nitrogens with zero attached hydrogens (tertiary/aromatic N) is 2. The number of rotatable bonds is 18. The number of hydrogen-bond acceptors (Lipinski definition) is 12. The Morgan fingerprint density at radius 1 is 1.07 bits per heavy atom. The number of aryl methyl sites for hydroxylation is 1. The highest BCUT2D eigenvalue weighted by atomic mass is 31.2. The predicted molar refractivity (Wildman–Crippen MR) is 239 cm³/mol. The summed E-state index contributed by atoms with van der Waals surface area (Å²) in [6, 6.07) is 5.30. The van der Waals surface area contributed by atoms with Crippen molar-refractivity contribution in [3.8, 4) is 11.4 Å². The van der Waals surface area contributed by atoms with Gasteiger partial charge in [0, 0.05) is 34.8 Å². The summed E-state index contributed by atoms with van der Waals surface area (Å²) in [7, 11) is -3.58. The first-order chi connectivity index (χ1) is 32.2. The van der Waals surface area contributed by atoms with Gasteiger partial charge in [0.05, 0.1) is 47.7 Å². The Morgan fingerprint density at radius 2 is 1.79 bits per heavy atom. The SMILES string of the molecule is CC[C@@]1(OP(=O)(O)OCc2ccc(NC(=O)[C@H](CCCNC(N)=O)NC(=O)[C@@H](NC)C(C)C)cc2)C(=O)OCc2c1cc1n(c2=O)Cc2c-1nc1cc(F)c(C)c3c1c2[C@@H](NC(=O)C(F)F)CC3. The van der Waals surface area contributed by atoms with E-state index in [0.29, 0.717) is 45.3 Å². The Kier molecular flexibility index (Phi) is 14.5. The maximum Gasteiger partial charge on any atom is 0.473 e. The number of esters is 1. The number of likely N-dealkylation sites (N-methyl/N-ethyl adjacent to an activating group) is 1. The summed E-state index contributed by atoms with van der Waals surface area (Å²) in [5, 5.41) is 13.7. The zero-order valence-corrected chi connectivity index (χ0v) is 38.7. The molecule has 2 aromatic carbocycles. The molecule has 1 aliphatic carbocycles. The largest absolute Gasteiger partial charge is 0.473 e. The highest BCUT2D eigenvalue weighted by Crippen LogP contribution is 2.55. The van der Waals surface area contributed by atoms with Crippen LogP contribution in [-0.4, -0.2) is 76.3 Å². The smallest absolute Gasteiger partial charge is 0.458 e. The average molecular weight is 969 g/mol. The number of hydrogen-bond donors (Lipinski definition) is 7. The second-order valence-corrected chi connectivity index (χ2v) is 18.6. The molecule has 1 unspecified atom stereocenters. The number of cyclic esters (lactones) is 1. The van der Waals surface area contributed by atoms with Crippen molar-refractivity contribution in [2.75, 3.05) is 18.9 Å². The van der Waals surface area contributed by atoms with Gasteiger partial charge in [-0.3, -0.25) is 28.2 Å². The molecule has 0 bridgehead atoms. The molecule has 2 aliphatic heterocycles. The molecule has 8 N–H and O–H groups in total. The van der Waals surface area contributed by atoms with Gasteiger partial charge in [0.2, 0.25) is 17.4 Å². The lowest BCUT2D eigenvalue weighted by atomic mass is 9.81. The molecule has 4 heterocycles. The van der Waals surface area contributed by atoms with Crippen LogP contribution in [0.4, 0.5) is 23.7 Å². The van der Waals surface area contributed by atoms with E-state index >= 15 is 4.39 Å². The summed E-state index contributed by atoms with van der Waals surface area (Å²) >= 11 is 0. The first-order valence-electron chi connectivity index (χ1n) is 22.0.